The molecule has 1 aliphatic rings. The third-order valence-electron chi connectivity index (χ3n) is 6.21. The number of aromatic amines is 2. The number of hydrogen-bond donors (Lipinski definition) is 2. The minimum absolute atomic E-state index is 0.733. The van der Waals surface area contributed by atoms with E-state index in [2.05, 4.69) is 72.7 Å². The van der Waals surface area contributed by atoms with Crippen LogP contribution in [0.15, 0.2) is 60.9 Å². The molecule has 0 aliphatic carbocycles. The van der Waals surface area contributed by atoms with Gasteiger partial charge in [0.2, 0.25) is 0 Å². The Balaban J connectivity index is 1.26. The van der Waals surface area contributed by atoms with Crippen molar-refractivity contribution in [2.45, 2.75) is 12.8 Å². The molecule has 3 heterocycles. The molecule has 2 N–H and O–H groups in total. The summed E-state index contributed by atoms with van der Waals surface area (Å²) in [5.41, 5.74) is 3.97. The van der Waals surface area contributed by atoms with E-state index in [9.17, 15) is 0 Å². The predicted molar refractivity (Wildman–Crippen MR) is 126 cm³/mol. The van der Waals surface area contributed by atoms with Crippen LogP contribution in [0.1, 0.15) is 12.8 Å². The number of hydrogen-bond acceptors (Lipinski definition) is 5. The van der Waals surface area contributed by atoms with E-state index >= 15 is 0 Å². The van der Waals surface area contributed by atoms with Crippen LogP contribution < -0.4 is 4.74 Å². The quantitative estimate of drug-likeness (QED) is 0.415. The van der Waals surface area contributed by atoms with Crippen LogP contribution in [0.5, 0.6) is 5.75 Å². The van der Waals surface area contributed by atoms with Gasteiger partial charge < -0.3 is 4.74 Å². The lowest BCUT2D eigenvalue weighted by molar-refractivity contribution is 0.238. The van der Waals surface area contributed by atoms with E-state index in [0.29, 0.717) is 0 Å². The molecule has 0 spiro atoms. The third-order valence-corrected chi connectivity index (χ3v) is 6.21. The van der Waals surface area contributed by atoms with Gasteiger partial charge >= 0.3 is 0 Å². The molecule has 0 radical (unpaired) electrons. The van der Waals surface area contributed by atoms with Crippen molar-refractivity contribution in [2.24, 2.45) is 0 Å². The molecule has 0 saturated carbocycles. The number of fused-ring (bicyclic) bond motifs is 2. The fraction of sp³-hybridized carbons (Fsp3) is 0.240. The zero-order chi connectivity index (χ0) is 21.3. The largest absolute Gasteiger partial charge is 0.492 e. The van der Waals surface area contributed by atoms with Crippen molar-refractivity contribution >= 4 is 21.7 Å². The Kier molecular flexibility index (Phi) is 4.81. The average molecular weight is 425 g/mol. The summed E-state index contributed by atoms with van der Waals surface area (Å²) in [5.74, 6) is 1.67. The number of rotatable bonds is 6. The van der Waals surface area contributed by atoms with E-state index < -0.39 is 0 Å². The van der Waals surface area contributed by atoms with Gasteiger partial charge in [-0.25, -0.2) is 4.98 Å². The average Bonchev–Trinajstić information content (AvgIpc) is 3.60. The van der Waals surface area contributed by atoms with Gasteiger partial charge in [0.1, 0.15) is 18.7 Å². The summed E-state index contributed by atoms with van der Waals surface area (Å²) in [7, 11) is 0. The number of aromatic nitrogens is 5. The minimum Gasteiger partial charge on any atom is -0.492 e. The first kappa shape index (κ1) is 19.0. The molecule has 0 unspecified atom stereocenters. The Bertz CT molecular complexity index is 1370. The van der Waals surface area contributed by atoms with Crippen LogP contribution in [-0.4, -0.2) is 56.5 Å². The summed E-state index contributed by atoms with van der Waals surface area (Å²) in [6.45, 7) is 4.13. The maximum atomic E-state index is 6.01. The third kappa shape index (κ3) is 3.61. The minimum atomic E-state index is 0.733. The molecule has 5 aromatic rings. The van der Waals surface area contributed by atoms with E-state index in [0.717, 1.165) is 63.2 Å². The van der Waals surface area contributed by atoms with Gasteiger partial charge in [-0.15, -0.1) is 0 Å². The molecule has 1 saturated heterocycles. The van der Waals surface area contributed by atoms with Crippen LogP contribution in [0.25, 0.3) is 44.3 Å². The van der Waals surface area contributed by atoms with Gasteiger partial charge in [0, 0.05) is 23.1 Å². The highest BCUT2D eigenvalue weighted by Gasteiger charge is 2.13. The molecule has 7 nitrogen and oxygen atoms in total. The standard InChI is InChI=1S/C25H24N6O/c1-2-10-31(9-1)11-12-32-21-7-5-17-13-19(4-3-18(17)14-21)24-22-15-20(25-26-16-27-30-25)6-8-23(22)28-29-24/h3-8,13-16H,1-2,9-12H2,(H,28,29)(H,26,27,30). The Morgan fingerprint density at radius 1 is 0.875 bits per heavy atom. The molecule has 0 atom stereocenters. The van der Waals surface area contributed by atoms with Gasteiger partial charge in [0.25, 0.3) is 0 Å². The maximum absolute atomic E-state index is 6.01. The Morgan fingerprint density at radius 3 is 2.59 bits per heavy atom. The zero-order valence-electron chi connectivity index (χ0n) is 17.7. The van der Waals surface area contributed by atoms with E-state index in [4.69, 9.17) is 4.74 Å². The van der Waals surface area contributed by atoms with Crippen molar-refractivity contribution in [3.05, 3.63) is 60.9 Å². The second kappa shape index (κ2) is 8.09. The van der Waals surface area contributed by atoms with E-state index in [1.807, 2.05) is 12.1 Å². The predicted octanol–water partition coefficient (Wildman–Crippen LogP) is 4.64. The Morgan fingerprint density at radius 2 is 1.72 bits per heavy atom. The van der Waals surface area contributed by atoms with Crippen LogP contribution in [0, 0.1) is 0 Å². The molecule has 1 fully saturated rings. The van der Waals surface area contributed by atoms with Gasteiger partial charge in [0.05, 0.1) is 11.2 Å². The lowest BCUT2D eigenvalue weighted by atomic mass is 10.0. The molecule has 3 aromatic carbocycles. The number of nitrogens with zero attached hydrogens (tertiary/aromatic N) is 4. The highest BCUT2D eigenvalue weighted by Crippen LogP contribution is 2.32. The zero-order valence-corrected chi connectivity index (χ0v) is 17.7. The lowest BCUT2D eigenvalue weighted by Gasteiger charge is -2.15. The summed E-state index contributed by atoms with van der Waals surface area (Å²) >= 11 is 0. The van der Waals surface area contributed by atoms with Gasteiger partial charge in [-0.2, -0.15) is 10.2 Å². The molecule has 32 heavy (non-hydrogen) atoms. The monoisotopic (exact) mass is 424 g/mol. The summed E-state index contributed by atoms with van der Waals surface area (Å²) in [5, 5.41) is 18.0. The molecule has 1 aliphatic heterocycles. The van der Waals surface area contributed by atoms with Crippen molar-refractivity contribution in [2.75, 3.05) is 26.2 Å². The summed E-state index contributed by atoms with van der Waals surface area (Å²) in [4.78, 5) is 6.73. The summed E-state index contributed by atoms with van der Waals surface area (Å²) in [6.07, 6.45) is 4.14. The van der Waals surface area contributed by atoms with Gasteiger partial charge in [-0.1, -0.05) is 18.2 Å². The van der Waals surface area contributed by atoms with E-state index in [-0.39, 0.29) is 0 Å². The van der Waals surface area contributed by atoms with Crippen LogP contribution in [0.3, 0.4) is 0 Å². The van der Waals surface area contributed by atoms with Crippen LogP contribution in [0.4, 0.5) is 0 Å². The van der Waals surface area contributed by atoms with E-state index in [1.54, 1.807) is 0 Å². The number of likely N-dealkylation sites (tertiary alicyclic amines) is 1. The Labute approximate surface area is 185 Å². The van der Waals surface area contributed by atoms with Gasteiger partial charge in [-0.05, 0) is 73.1 Å². The van der Waals surface area contributed by atoms with Crippen LogP contribution >= 0.6 is 0 Å². The second-order valence-electron chi connectivity index (χ2n) is 8.29. The van der Waals surface area contributed by atoms with Crippen LogP contribution in [0.2, 0.25) is 0 Å². The molecule has 2 aromatic heterocycles. The second-order valence-corrected chi connectivity index (χ2v) is 8.29. The van der Waals surface area contributed by atoms with Crippen molar-refractivity contribution in [3.8, 4) is 28.4 Å². The highest BCUT2D eigenvalue weighted by molar-refractivity contribution is 5.97. The Hall–Kier alpha value is -3.71. The molecular formula is C25H24N6O. The molecule has 7 heteroatoms. The summed E-state index contributed by atoms with van der Waals surface area (Å²) in [6, 6.07) is 18.9. The molecule has 160 valence electrons. The fourth-order valence-electron chi connectivity index (χ4n) is 4.49. The van der Waals surface area contributed by atoms with Crippen molar-refractivity contribution < 1.29 is 4.74 Å². The number of H-pyrrole nitrogens is 2. The van der Waals surface area contributed by atoms with Gasteiger partial charge in [0.15, 0.2) is 5.82 Å². The van der Waals surface area contributed by atoms with Crippen molar-refractivity contribution in [3.63, 3.8) is 0 Å². The lowest BCUT2D eigenvalue weighted by Crippen LogP contribution is -2.25. The number of nitrogens with one attached hydrogen (secondary N) is 2. The number of benzene rings is 3. The topological polar surface area (TPSA) is 82.7 Å². The molecule has 6 rings (SSSR count). The van der Waals surface area contributed by atoms with E-state index in [1.165, 1.54) is 32.3 Å². The molecule has 0 amide bonds. The first-order valence-electron chi connectivity index (χ1n) is 11.1. The molecule has 0 bridgehead atoms. The number of ether oxygens (including phenoxy) is 1. The first-order valence-corrected chi connectivity index (χ1v) is 11.1. The normalized spacial score (nSPS) is 14.5. The highest BCUT2D eigenvalue weighted by atomic mass is 16.5. The summed E-state index contributed by atoms with van der Waals surface area (Å²) < 4.78 is 6.01. The molecular weight excluding hydrogens is 400 g/mol. The van der Waals surface area contributed by atoms with Gasteiger partial charge in [-0.3, -0.25) is 15.1 Å². The first-order chi connectivity index (χ1) is 15.8. The van der Waals surface area contributed by atoms with Crippen molar-refractivity contribution in [1.29, 1.82) is 0 Å². The van der Waals surface area contributed by atoms with Crippen molar-refractivity contribution in [1.82, 2.24) is 30.3 Å². The SMILES string of the molecule is c1n[nH]c(-c2ccc3[nH]nc(-c4ccc5cc(OCCN6CCCC6)ccc5c4)c3c2)n1. The fourth-order valence-corrected chi connectivity index (χ4v) is 4.49. The smallest absolute Gasteiger partial charge is 0.155 e. The van der Waals surface area contributed by atoms with Crippen LogP contribution in [-0.2, 0) is 0 Å². The maximum Gasteiger partial charge on any atom is 0.155 e.